The molecule has 140 valence electrons. The van der Waals surface area contributed by atoms with Crippen molar-refractivity contribution in [1.29, 1.82) is 0 Å². The zero-order valence-electron chi connectivity index (χ0n) is 16.0. The quantitative estimate of drug-likeness (QED) is 0.672. The summed E-state index contributed by atoms with van der Waals surface area (Å²) in [7, 11) is 0. The molecule has 6 nitrogen and oxygen atoms in total. The SMILES string of the molecule is CC[C@@H](C)NC(=O)Nc1ccc(-c2noc(-c3ccc(C)cc3C)n2)cc1. The Labute approximate surface area is 159 Å². The van der Waals surface area contributed by atoms with Crippen molar-refractivity contribution in [2.24, 2.45) is 0 Å². The highest BCUT2D eigenvalue weighted by atomic mass is 16.5. The highest BCUT2D eigenvalue weighted by Gasteiger charge is 2.13. The molecule has 0 spiro atoms. The van der Waals surface area contributed by atoms with Crippen molar-refractivity contribution in [3.05, 3.63) is 53.6 Å². The second kappa shape index (κ2) is 8.03. The molecule has 0 fully saturated rings. The summed E-state index contributed by atoms with van der Waals surface area (Å²) in [5.74, 6) is 1.01. The topological polar surface area (TPSA) is 80.0 Å². The number of benzene rings is 2. The first-order valence-corrected chi connectivity index (χ1v) is 9.05. The lowest BCUT2D eigenvalue weighted by Gasteiger charge is -2.12. The van der Waals surface area contributed by atoms with E-state index in [0.29, 0.717) is 17.4 Å². The molecule has 0 saturated heterocycles. The first-order chi connectivity index (χ1) is 13.0. The van der Waals surface area contributed by atoms with Gasteiger partial charge in [-0.1, -0.05) is 29.8 Å². The lowest BCUT2D eigenvalue weighted by atomic mass is 10.1. The summed E-state index contributed by atoms with van der Waals surface area (Å²) in [6.45, 7) is 8.06. The third-order valence-corrected chi connectivity index (χ3v) is 4.43. The number of urea groups is 1. The summed E-state index contributed by atoms with van der Waals surface area (Å²) >= 11 is 0. The monoisotopic (exact) mass is 364 g/mol. The molecule has 3 rings (SSSR count). The van der Waals surface area contributed by atoms with Crippen molar-refractivity contribution >= 4 is 11.7 Å². The summed E-state index contributed by atoms with van der Waals surface area (Å²) in [5, 5.41) is 9.76. The van der Waals surface area contributed by atoms with Gasteiger partial charge >= 0.3 is 6.03 Å². The van der Waals surface area contributed by atoms with Gasteiger partial charge in [-0.25, -0.2) is 4.79 Å². The molecule has 27 heavy (non-hydrogen) atoms. The Hall–Kier alpha value is -3.15. The Morgan fingerprint density at radius 1 is 1.15 bits per heavy atom. The van der Waals surface area contributed by atoms with E-state index >= 15 is 0 Å². The maximum atomic E-state index is 11.9. The zero-order chi connectivity index (χ0) is 19.4. The molecule has 1 heterocycles. The molecule has 0 bridgehead atoms. The second-order valence-corrected chi connectivity index (χ2v) is 6.73. The van der Waals surface area contributed by atoms with Gasteiger partial charge in [-0.05, 0) is 63.1 Å². The highest BCUT2D eigenvalue weighted by Crippen LogP contribution is 2.26. The van der Waals surface area contributed by atoms with Gasteiger partial charge in [-0.15, -0.1) is 0 Å². The van der Waals surface area contributed by atoms with Crippen LogP contribution in [0, 0.1) is 13.8 Å². The zero-order valence-corrected chi connectivity index (χ0v) is 16.0. The first kappa shape index (κ1) is 18.6. The van der Waals surface area contributed by atoms with Crippen LogP contribution in [0.2, 0.25) is 0 Å². The molecule has 0 aliphatic carbocycles. The van der Waals surface area contributed by atoms with E-state index in [1.54, 1.807) is 0 Å². The van der Waals surface area contributed by atoms with Crippen LogP contribution in [0.25, 0.3) is 22.8 Å². The molecule has 0 saturated carbocycles. The Morgan fingerprint density at radius 3 is 2.56 bits per heavy atom. The third kappa shape index (κ3) is 4.53. The molecule has 2 aromatic carbocycles. The fourth-order valence-corrected chi connectivity index (χ4v) is 2.70. The number of hydrogen-bond donors (Lipinski definition) is 2. The Bertz CT molecular complexity index is 932. The average molecular weight is 364 g/mol. The number of aryl methyl sites for hydroxylation is 2. The summed E-state index contributed by atoms with van der Waals surface area (Å²) in [5.41, 5.74) is 4.74. The van der Waals surface area contributed by atoms with E-state index in [-0.39, 0.29) is 12.1 Å². The van der Waals surface area contributed by atoms with Crippen LogP contribution in [0.4, 0.5) is 10.5 Å². The normalized spacial score (nSPS) is 11.9. The van der Waals surface area contributed by atoms with Gasteiger partial charge in [0, 0.05) is 22.9 Å². The predicted octanol–water partition coefficient (Wildman–Crippen LogP) is 4.94. The van der Waals surface area contributed by atoms with Crippen LogP contribution in [0.3, 0.4) is 0 Å². The lowest BCUT2D eigenvalue weighted by molar-refractivity contribution is 0.249. The number of nitrogens with zero attached hydrogens (tertiary/aromatic N) is 2. The van der Waals surface area contributed by atoms with E-state index in [0.717, 1.165) is 23.1 Å². The smallest absolute Gasteiger partial charge is 0.319 e. The molecule has 2 amide bonds. The van der Waals surface area contributed by atoms with E-state index in [1.165, 1.54) is 5.56 Å². The van der Waals surface area contributed by atoms with Gasteiger partial charge in [0.25, 0.3) is 5.89 Å². The molecule has 0 unspecified atom stereocenters. The van der Waals surface area contributed by atoms with Crippen LogP contribution in [0.15, 0.2) is 47.0 Å². The maximum absolute atomic E-state index is 11.9. The van der Waals surface area contributed by atoms with Crippen molar-refractivity contribution in [2.45, 2.75) is 40.2 Å². The Morgan fingerprint density at radius 2 is 1.89 bits per heavy atom. The fourth-order valence-electron chi connectivity index (χ4n) is 2.70. The molecule has 0 radical (unpaired) electrons. The molecule has 2 N–H and O–H groups in total. The van der Waals surface area contributed by atoms with Crippen LogP contribution in [-0.2, 0) is 0 Å². The van der Waals surface area contributed by atoms with Crippen molar-refractivity contribution in [2.75, 3.05) is 5.32 Å². The molecule has 6 heteroatoms. The third-order valence-electron chi connectivity index (χ3n) is 4.43. The number of anilines is 1. The summed E-state index contributed by atoms with van der Waals surface area (Å²) < 4.78 is 5.44. The van der Waals surface area contributed by atoms with Gasteiger partial charge in [0.05, 0.1) is 0 Å². The lowest BCUT2D eigenvalue weighted by Crippen LogP contribution is -2.35. The van der Waals surface area contributed by atoms with Gasteiger partial charge < -0.3 is 15.2 Å². The van der Waals surface area contributed by atoms with Crippen molar-refractivity contribution in [3.63, 3.8) is 0 Å². The number of carbonyl (C=O) groups excluding carboxylic acids is 1. The van der Waals surface area contributed by atoms with Crippen LogP contribution < -0.4 is 10.6 Å². The molecular weight excluding hydrogens is 340 g/mol. The first-order valence-electron chi connectivity index (χ1n) is 9.05. The molecule has 1 atom stereocenters. The van der Waals surface area contributed by atoms with Gasteiger partial charge in [0.1, 0.15) is 0 Å². The number of aromatic nitrogens is 2. The van der Waals surface area contributed by atoms with Crippen molar-refractivity contribution < 1.29 is 9.32 Å². The molecule has 3 aromatic rings. The van der Waals surface area contributed by atoms with Crippen LogP contribution >= 0.6 is 0 Å². The van der Waals surface area contributed by atoms with Gasteiger partial charge in [-0.2, -0.15) is 4.98 Å². The van der Waals surface area contributed by atoms with E-state index in [9.17, 15) is 4.79 Å². The largest absolute Gasteiger partial charge is 0.335 e. The molecular formula is C21H24N4O2. The van der Waals surface area contributed by atoms with E-state index < -0.39 is 0 Å². The Balaban J connectivity index is 1.72. The number of hydrogen-bond acceptors (Lipinski definition) is 4. The van der Waals surface area contributed by atoms with E-state index in [1.807, 2.05) is 57.2 Å². The van der Waals surface area contributed by atoms with Crippen molar-refractivity contribution in [1.82, 2.24) is 15.5 Å². The summed E-state index contributed by atoms with van der Waals surface area (Å²) in [6.07, 6.45) is 0.882. The van der Waals surface area contributed by atoms with E-state index in [2.05, 4.69) is 33.8 Å². The molecule has 0 aliphatic heterocycles. The molecule has 0 aliphatic rings. The van der Waals surface area contributed by atoms with Gasteiger partial charge in [0.15, 0.2) is 0 Å². The minimum absolute atomic E-state index is 0.132. The fraction of sp³-hybridized carbons (Fsp3) is 0.286. The number of amides is 2. The van der Waals surface area contributed by atoms with Gasteiger partial charge in [0.2, 0.25) is 5.82 Å². The summed E-state index contributed by atoms with van der Waals surface area (Å²) in [6, 6.07) is 13.4. The van der Waals surface area contributed by atoms with Crippen LogP contribution in [-0.4, -0.2) is 22.2 Å². The van der Waals surface area contributed by atoms with Crippen LogP contribution in [0.1, 0.15) is 31.4 Å². The minimum atomic E-state index is -0.214. The standard InChI is InChI=1S/C21H24N4O2/c1-5-15(4)22-21(26)23-17-9-7-16(8-10-17)19-24-20(27-25-19)18-11-6-13(2)12-14(18)3/h6-12,15H,5H2,1-4H3,(H2,22,23,26)/t15-/m1/s1. The van der Waals surface area contributed by atoms with Gasteiger partial charge in [-0.3, -0.25) is 0 Å². The number of nitrogens with one attached hydrogen (secondary N) is 2. The summed E-state index contributed by atoms with van der Waals surface area (Å²) in [4.78, 5) is 16.4. The van der Waals surface area contributed by atoms with Crippen LogP contribution in [0.5, 0.6) is 0 Å². The van der Waals surface area contributed by atoms with Crippen molar-refractivity contribution in [3.8, 4) is 22.8 Å². The Kier molecular flexibility index (Phi) is 5.54. The highest BCUT2D eigenvalue weighted by molar-refractivity contribution is 5.89. The number of carbonyl (C=O) groups is 1. The van der Waals surface area contributed by atoms with E-state index in [4.69, 9.17) is 4.52 Å². The minimum Gasteiger partial charge on any atom is -0.335 e. The number of rotatable bonds is 5. The molecule has 1 aromatic heterocycles. The second-order valence-electron chi connectivity index (χ2n) is 6.73. The maximum Gasteiger partial charge on any atom is 0.319 e. The average Bonchev–Trinajstić information content (AvgIpc) is 3.12. The predicted molar refractivity (Wildman–Crippen MR) is 107 cm³/mol.